The number of anilines is 1. The third-order valence-corrected chi connectivity index (χ3v) is 4.67. The van der Waals surface area contributed by atoms with Gasteiger partial charge in [-0.05, 0) is 29.4 Å². The number of nitrogens with zero attached hydrogens (tertiary/aromatic N) is 1. The molecule has 98 valence electrons. The molecule has 0 bridgehead atoms. The van der Waals surface area contributed by atoms with Gasteiger partial charge in [0.05, 0.1) is 0 Å². The molecule has 4 nitrogen and oxygen atoms in total. The van der Waals surface area contributed by atoms with Crippen LogP contribution in [0.3, 0.4) is 0 Å². The molecule has 1 saturated carbocycles. The number of aromatic carboxylic acids is 1. The molecule has 1 aliphatic carbocycles. The monoisotopic (exact) mass is 248 g/mol. The molecular formula is C14H20N2O2. The van der Waals surface area contributed by atoms with E-state index in [1.54, 1.807) is 19.2 Å². The summed E-state index contributed by atoms with van der Waals surface area (Å²) in [6, 6.07) is 1.97. The molecule has 1 aromatic rings. The number of pyridine rings is 1. The van der Waals surface area contributed by atoms with Gasteiger partial charge in [-0.1, -0.05) is 27.7 Å². The van der Waals surface area contributed by atoms with Crippen LogP contribution in [0.1, 0.15) is 43.6 Å². The zero-order chi connectivity index (χ0) is 13.7. The molecule has 2 N–H and O–H groups in total. The van der Waals surface area contributed by atoms with Crippen molar-refractivity contribution in [3.63, 3.8) is 0 Å². The van der Waals surface area contributed by atoms with Crippen LogP contribution in [0.4, 0.5) is 5.82 Å². The third-order valence-electron chi connectivity index (χ3n) is 4.67. The maximum Gasteiger partial charge on any atom is 0.339 e. The second-order valence-corrected chi connectivity index (χ2v) is 6.18. The van der Waals surface area contributed by atoms with Crippen LogP contribution in [0.25, 0.3) is 0 Å². The molecule has 0 spiro atoms. The van der Waals surface area contributed by atoms with Crippen molar-refractivity contribution in [1.82, 2.24) is 4.98 Å². The van der Waals surface area contributed by atoms with Crippen molar-refractivity contribution in [2.45, 2.75) is 40.7 Å². The first-order chi connectivity index (χ1) is 8.19. The van der Waals surface area contributed by atoms with Gasteiger partial charge in [0, 0.05) is 12.2 Å². The lowest BCUT2D eigenvalue weighted by molar-refractivity contribution is 0.0696. The van der Waals surface area contributed by atoms with Crippen molar-refractivity contribution in [3.05, 3.63) is 23.4 Å². The lowest BCUT2D eigenvalue weighted by atomic mass is 10.0. The van der Waals surface area contributed by atoms with E-state index < -0.39 is 5.97 Å². The topological polar surface area (TPSA) is 62.2 Å². The third kappa shape index (κ3) is 1.67. The van der Waals surface area contributed by atoms with Gasteiger partial charge in [-0.2, -0.15) is 0 Å². The maximum absolute atomic E-state index is 11.3. The molecule has 0 aliphatic heterocycles. The largest absolute Gasteiger partial charge is 0.478 e. The molecule has 2 rings (SSSR count). The van der Waals surface area contributed by atoms with Crippen molar-refractivity contribution in [3.8, 4) is 0 Å². The Bertz CT molecular complexity index is 493. The molecular weight excluding hydrogens is 228 g/mol. The number of nitrogens with one attached hydrogen (secondary N) is 1. The normalized spacial score (nSPS) is 20.5. The summed E-state index contributed by atoms with van der Waals surface area (Å²) >= 11 is 0. The quantitative estimate of drug-likeness (QED) is 0.863. The van der Waals surface area contributed by atoms with Crippen molar-refractivity contribution in [2.75, 3.05) is 5.32 Å². The van der Waals surface area contributed by atoms with Gasteiger partial charge < -0.3 is 10.4 Å². The first-order valence-corrected chi connectivity index (χ1v) is 6.15. The molecule has 0 aromatic carbocycles. The standard InChI is InChI=1S/C14H20N2O2/c1-8-6-7-15-10(9(8)11(17)18)16-12-13(2,3)14(12,4)5/h6-7,12H,1-5H3,(H,15,16)(H,17,18). The van der Waals surface area contributed by atoms with Gasteiger partial charge in [0.15, 0.2) is 0 Å². The SMILES string of the molecule is Cc1ccnc(NC2C(C)(C)C2(C)C)c1C(=O)O. The minimum Gasteiger partial charge on any atom is -0.478 e. The summed E-state index contributed by atoms with van der Waals surface area (Å²) in [5.74, 6) is -0.453. The van der Waals surface area contributed by atoms with Crippen LogP contribution in [-0.4, -0.2) is 22.1 Å². The molecule has 0 radical (unpaired) electrons. The summed E-state index contributed by atoms with van der Waals surface area (Å²) in [6.45, 7) is 10.5. The Hall–Kier alpha value is -1.58. The van der Waals surface area contributed by atoms with E-state index in [0.717, 1.165) is 5.56 Å². The summed E-state index contributed by atoms with van der Waals surface area (Å²) in [6.07, 6.45) is 1.65. The Kier molecular flexibility index (Phi) is 2.65. The van der Waals surface area contributed by atoms with Gasteiger partial charge in [0.1, 0.15) is 11.4 Å². The molecule has 0 unspecified atom stereocenters. The summed E-state index contributed by atoms with van der Waals surface area (Å²) in [4.78, 5) is 15.5. The van der Waals surface area contributed by atoms with Crippen LogP contribution < -0.4 is 5.32 Å². The van der Waals surface area contributed by atoms with E-state index in [0.29, 0.717) is 5.82 Å². The van der Waals surface area contributed by atoms with E-state index in [-0.39, 0.29) is 22.4 Å². The second-order valence-electron chi connectivity index (χ2n) is 6.18. The fourth-order valence-electron chi connectivity index (χ4n) is 2.63. The second kappa shape index (κ2) is 3.70. The average molecular weight is 248 g/mol. The highest BCUT2D eigenvalue weighted by molar-refractivity contribution is 5.94. The number of hydrogen-bond acceptors (Lipinski definition) is 3. The number of carbonyl (C=O) groups is 1. The van der Waals surface area contributed by atoms with E-state index >= 15 is 0 Å². The highest BCUT2D eigenvalue weighted by atomic mass is 16.4. The molecule has 1 aromatic heterocycles. The Morgan fingerprint density at radius 1 is 1.33 bits per heavy atom. The van der Waals surface area contributed by atoms with Crippen molar-refractivity contribution in [1.29, 1.82) is 0 Å². The number of hydrogen-bond donors (Lipinski definition) is 2. The van der Waals surface area contributed by atoms with Crippen molar-refractivity contribution < 1.29 is 9.90 Å². The summed E-state index contributed by atoms with van der Waals surface area (Å²) in [7, 11) is 0. The lowest BCUT2D eigenvalue weighted by Crippen LogP contribution is -2.15. The van der Waals surface area contributed by atoms with Crippen LogP contribution >= 0.6 is 0 Å². The Morgan fingerprint density at radius 2 is 1.89 bits per heavy atom. The zero-order valence-electron chi connectivity index (χ0n) is 11.5. The molecule has 1 fully saturated rings. The Labute approximate surface area is 107 Å². The summed E-state index contributed by atoms with van der Waals surface area (Å²) in [5.41, 5.74) is 1.30. The molecule has 0 saturated heterocycles. The average Bonchev–Trinajstić information content (AvgIpc) is 2.60. The van der Waals surface area contributed by atoms with Gasteiger partial charge in [0.25, 0.3) is 0 Å². The molecule has 0 amide bonds. The molecule has 4 heteroatoms. The summed E-state index contributed by atoms with van der Waals surface area (Å²) < 4.78 is 0. The number of aromatic nitrogens is 1. The molecule has 18 heavy (non-hydrogen) atoms. The smallest absolute Gasteiger partial charge is 0.339 e. The van der Waals surface area contributed by atoms with Crippen LogP contribution in [0.15, 0.2) is 12.3 Å². The number of aryl methyl sites for hydroxylation is 1. The van der Waals surface area contributed by atoms with Crippen molar-refractivity contribution in [2.24, 2.45) is 10.8 Å². The van der Waals surface area contributed by atoms with E-state index in [4.69, 9.17) is 0 Å². The van der Waals surface area contributed by atoms with E-state index in [1.807, 2.05) is 0 Å². The molecule has 1 aliphatic rings. The van der Waals surface area contributed by atoms with Crippen LogP contribution in [0.2, 0.25) is 0 Å². The van der Waals surface area contributed by atoms with Crippen LogP contribution in [0, 0.1) is 17.8 Å². The van der Waals surface area contributed by atoms with E-state index in [2.05, 4.69) is 38.0 Å². The van der Waals surface area contributed by atoms with Gasteiger partial charge in [0.2, 0.25) is 0 Å². The Balaban J connectivity index is 2.32. The fraction of sp³-hybridized carbons (Fsp3) is 0.571. The number of carboxylic acid groups (broad SMARTS) is 1. The molecule has 0 atom stereocenters. The van der Waals surface area contributed by atoms with Gasteiger partial charge in [-0.3, -0.25) is 0 Å². The van der Waals surface area contributed by atoms with Crippen LogP contribution in [-0.2, 0) is 0 Å². The van der Waals surface area contributed by atoms with Gasteiger partial charge in [-0.15, -0.1) is 0 Å². The highest BCUT2D eigenvalue weighted by Gasteiger charge is 2.65. The number of carboxylic acids is 1. The van der Waals surface area contributed by atoms with Gasteiger partial charge >= 0.3 is 5.97 Å². The lowest BCUT2D eigenvalue weighted by Gasteiger charge is -2.11. The first-order valence-electron chi connectivity index (χ1n) is 6.15. The minimum absolute atomic E-state index is 0.147. The predicted octanol–water partition coefficient (Wildman–Crippen LogP) is 2.93. The first kappa shape index (κ1) is 12.9. The maximum atomic E-state index is 11.3. The zero-order valence-corrected chi connectivity index (χ0v) is 11.5. The van der Waals surface area contributed by atoms with Crippen molar-refractivity contribution >= 4 is 11.8 Å². The van der Waals surface area contributed by atoms with Crippen LogP contribution in [0.5, 0.6) is 0 Å². The van der Waals surface area contributed by atoms with E-state index in [9.17, 15) is 9.90 Å². The van der Waals surface area contributed by atoms with Gasteiger partial charge in [-0.25, -0.2) is 9.78 Å². The summed E-state index contributed by atoms with van der Waals surface area (Å²) in [5, 5.41) is 12.6. The predicted molar refractivity (Wildman–Crippen MR) is 70.9 cm³/mol. The Morgan fingerprint density at radius 3 is 2.33 bits per heavy atom. The van der Waals surface area contributed by atoms with E-state index in [1.165, 1.54) is 0 Å². The number of rotatable bonds is 3. The molecule has 1 heterocycles. The highest BCUT2D eigenvalue weighted by Crippen LogP contribution is 2.63. The minimum atomic E-state index is -0.931. The fourth-order valence-corrected chi connectivity index (χ4v) is 2.63.